The molecule has 3 saturated carbocycles. The van der Waals surface area contributed by atoms with E-state index in [9.17, 15) is 4.39 Å². The van der Waals surface area contributed by atoms with Gasteiger partial charge >= 0.3 is 0 Å². The summed E-state index contributed by atoms with van der Waals surface area (Å²) in [7, 11) is 0. The molecule has 0 aromatic heterocycles. The van der Waals surface area contributed by atoms with Gasteiger partial charge in [0.1, 0.15) is 5.82 Å². The molecule has 0 heterocycles. The number of rotatable bonds is 8. The van der Waals surface area contributed by atoms with Crippen LogP contribution in [0.3, 0.4) is 0 Å². The summed E-state index contributed by atoms with van der Waals surface area (Å²) < 4.78 is 14.0. The zero-order chi connectivity index (χ0) is 21.6. The Bertz CT molecular complexity index is 671. The Hall–Kier alpha value is -0.850. The van der Waals surface area contributed by atoms with Crippen LogP contribution in [-0.4, -0.2) is 0 Å². The van der Waals surface area contributed by atoms with E-state index in [4.69, 9.17) is 0 Å². The average molecular weight is 427 g/mol. The van der Waals surface area contributed by atoms with Gasteiger partial charge in [0.2, 0.25) is 0 Å². The van der Waals surface area contributed by atoms with E-state index in [1.165, 1.54) is 108 Å². The molecule has 0 aliphatic heterocycles. The number of unbranched alkanes of at least 4 members (excludes halogenated alkanes) is 2. The molecule has 0 amide bonds. The SMILES string of the molecule is CCCCCC1CCC(CCC2CCC3CC(c4ccc(C)c(F)c4)CCC3C2)CC1. The Morgan fingerprint density at radius 1 is 0.742 bits per heavy atom. The highest BCUT2D eigenvalue weighted by Crippen LogP contribution is 2.49. The van der Waals surface area contributed by atoms with Crippen LogP contribution in [0.4, 0.5) is 4.39 Å². The molecule has 4 rings (SSSR count). The van der Waals surface area contributed by atoms with Crippen LogP contribution in [0.15, 0.2) is 18.2 Å². The molecule has 31 heavy (non-hydrogen) atoms. The van der Waals surface area contributed by atoms with Gasteiger partial charge in [-0.2, -0.15) is 0 Å². The molecule has 0 N–H and O–H groups in total. The van der Waals surface area contributed by atoms with Crippen LogP contribution in [-0.2, 0) is 0 Å². The van der Waals surface area contributed by atoms with Gasteiger partial charge in [-0.1, -0.05) is 89.7 Å². The molecule has 0 spiro atoms. The van der Waals surface area contributed by atoms with Gasteiger partial charge in [-0.3, -0.25) is 0 Å². The van der Waals surface area contributed by atoms with E-state index in [1.54, 1.807) is 0 Å². The molecule has 1 aromatic carbocycles. The maximum absolute atomic E-state index is 14.0. The maximum Gasteiger partial charge on any atom is 0.126 e. The van der Waals surface area contributed by atoms with Gasteiger partial charge in [0.25, 0.3) is 0 Å². The van der Waals surface area contributed by atoms with Crippen molar-refractivity contribution >= 4 is 0 Å². The normalized spacial score (nSPS) is 33.8. The summed E-state index contributed by atoms with van der Waals surface area (Å²) in [4.78, 5) is 0. The first-order valence-electron chi connectivity index (χ1n) is 13.9. The molecule has 3 aliphatic rings. The molecule has 3 fully saturated rings. The third-order valence-electron chi connectivity index (χ3n) is 9.55. The molecule has 3 aliphatic carbocycles. The number of hydrogen-bond acceptors (Lipinski definition) is 0. The summed E-state index contributed by atoms with van der Waals surface area (Å²) >= 11 is 0. The zero-order valence-electron chi connectivity index (χ0n) is 20.4. The fourth-order valence-corrected chi connectivity index (χ4v) is 7.38. The van der Waals surface area contributed by atoms with Gasteiger partial charge < -0.3 is 0 Å². The smallest absolute Gasteiger partial charge is 0.126 e. The third kappa shape index (κ3) is 6.35. The van der Waals surface area contributed by atoms with Crippen molar-refractivity contribution < 1.29 is 4.39 Å². The van der Waals surface area contributed by atoms with E-state index in [-0.39, 0.29) is 5.82 Å². The van der Waals surface area contributed by atoms with Gasteiger partial charge in [0.05, 0.1) is 0 Å². The molecule has 4 unspecified atom stereocenters. The number of hydrogen-bond donors (Lipinski definition) is 0. The fraction of sp³-hybridized carbons (Fsp3) is 0.800. The lowest BCUT2D eigenvalue weighted by atomic mass is 9.63. The van der Waals surface area contributed by atoms with E-state index >= 15 is 0 Å². The first-order valence-corrected chi connectivity index (χ1v) is 13.9. The summed E-state index contributed by atoms with van der Waals surface area (Å²) in [6.45, 7) is 4.19. The molecule has 1 heteroatoms. The first-order chi connectivity index (χ1) is 15.1. The standard InChI is InChI=1S/C30H47F/c1-3-4-5-6-23-8-10-24(11-9-23)12-13-25-14-16-27-20-28(18-17-26(27)19-25)29-15-7-22(2)30(31)21-29/h7,15,21,23-28H,3-6,8-14,16-20H2,1-2H3. The van der Waals surface area contributed by atoms with Crippen LogP contribution >= 0.6 is 0 Å². The van der Waals surface area contributed by atoms with Crippen molar-refractivity contribution in [3.8, 4) is 0 Å². The lowest BCUT2D eigenvalue weighted by Crippen LogP contribution is -2.30. The van der Waals surface area contributed by atoms with Crippen molar-refractivity contribution in [3.63, 3.8) is 0 Å². The molecule has 0 saturated heterocycles. The number of halogens is 1. The van der Waals surface area contributed by atoms with Crippen molar-refractivity contribution in [2.45, 2.75) is 122 Å². The molecule has 0 bridgehead atoms. The zero-order valence-corrected chi connectivity index (χ0v) is 20.4. The Labute approximate surface area is 191 Å². The molecule has 0 radical (unpaired) electrons. The molecule has 4 atom stereocenters. The second kappa shape index (κ2) is 11.3. The minimum atomic E-state index is -0.0154. The summed E-state index contributed by atoms with van der Waals surface area (Å²) in [5.74, 6) is 5.52. The molecular weight excluding hydrogens is 379 g/mol. The number of fused-ring (bicyclic) bond motifs is 1. The van der Waals surface area contributed by atoms with Crippen LogP contribution in [0, 0.1) is 42.3 Å². The summed E-state index contributed by atoms with van der Waals surface area (Å²) in [6, 6.07) is 5.99. The lowest BCUT2D eigenvalue weighted by Gasteiger charge is -2.43. The monoisotopic (exact) mass is 426 g/mol. The predicted octanol–water partition coefficient (Wildman–Crippen LogP) is 9.60. The summed E-state index contributed by atoms with van der Waals surface area (Å²) in [6.07, 6.45) is 23.2. The predicted molar refractivity (Wildman–Crippen MR) is 131 cm³/mol. The topological polar surface area (TPSA) is 0 Å². The van der Waals surface area contributed by atoms with Crippen molar-refractivity contribution in [2.75, 3.05) is 0 Å². The van der Waals surface area contributed by atoms with Gasteiger partial charge in [-0.05, 0) is 91.7 Å². The highest BCUT2D eigenvalue weighted by atomic mass is 19.1. The highest BCUT2D eigenvalue weighted by Gasteiger charge is 2.36. The van der Waals surface area contributed by atoms with Crippen molar-refractivity contribution in [1.82, 2.24) is 0 Å². The largest absolute Gasteiger partial charge is 0.207 e. The van der Waals surface area contributed by atoms with Gasteiger partial charge in [0.15, 0.2) is 0 Å². The van der Waals surface area contributed by atoms with E-state index in [1.807, 2.05) is 19.1 Å². The Balaban J connectivity index is 1.17. The minimum absolute atomic E-state index is 0.0154. The average Bonchev–Trinajstić information content (AvgIpc) is 2.80. The van der Waals surface area contributed by atoms with Crippen LogP contribution < -0.4 is 0 Å². The van der Waals surface area contributed by atoms with Crippen molar-refractivity contribution in [1.29, 1.82) is 0 Å². The lowest BCUT2D eigenvalue weighted by molar-refractivity contribution is 0.108. The number of aryl methyl sites for hydroxylation is 1. The fourth-order valence-electron chi connectivity index (χ4n) is 7.38. The maximum atomic E-state index is 14.0. The Morgan fingerprint density at radius 3 is 2.13 bits per heavy atom. The molecule has 0 nitrogen and oxygen atoms in total. The van der Waals surface area contributed by atoms with Gasteiger partial charge in [-0.15, -0.1) is 0 Å². The molecule has 174 valence electrons. The third-order valence-corrected chi connectivity index (χ3v) is 9.55. The van der Waals surface area contributed by atoms with Crippen molar-refractivity contribution in [3.05, 3.63) is 35.1 Å². The van der Waals surface area contributed by atoms with Crippen LogP contribution in [0.5, 0.6) is 0 Å². The molecular formula is C30H47F. The quantitative estimate of drug-likeness (QED) is 0.363. The molecule has 1 aromatic rings. The van der Waals surface area contributed by atoms with Crippen LogP contribution in [0.25, 0.3) is 0 Å². The van der Waals surface area contributed by atoms with E-state index in [0.717, 1.165) is 35.2 Å². The van der Waals surface area contributed by atoms with E-state index in [2.05, 4.69) is 13.0 Å². The summed E-state index contributed by atoms with van der Waals surface area (Å²) in [5, 5.41) is 0. The van der Waals surface area contributed by atoms with Gasteiger partial charge in [-0.25, -0.2) is 4.39 Å². The Morgan fingerprint density at radius 2 is 1.39 bits per heavy atom. The van der Waals surface area contributed by atoms with Crippen LogP contribution in [0.2, 0.25) is 0 Å². The highest BCUT2D eigenvalue weighted by molar-refractivity contribution is 5.26. The Kier molecular flexibility index (Phi) is 8.52. The van der Waals surface area contributed by atoms with Gasteiger partial charge in [0, 0.05) is 0 Å². The summed E-state index contributed by atoms with van der Waals surface area (Å²) in [5.41, 5.74) is 2.04. The second-order valence-corrected chi connectivity index (χ2v) is 11.7. The second-order valence-electron chi connectivity index (χ2n) is 11.7. The van der Waals surface area contributed by atoms with Crippen LogP contribution in [0.1, 0.15) is 127 Å². The minimum Gasteiger partial charge on any atom is -0.207 e. The first kappa shape index (κ1) is 23.3. The van der Waals surface area contributed by atoms with E-state index in [0.29, 0.717) is 5.92 Å². The van der Waals surface area contributed by atoms with E-state index < -0.39 is 0 Å². The number of benzene rings is 1. The van der Waals surface area contributed by atoms with Crippen molar-refractivity contribution in [2.24, 2.45) is 29.6 Å².